The average molecular weight is 577 g/mol. The van der Waals surface area contributed by atoms with Gasteiger partial charge in [-0.2, -0.15) is 0 Å². The third-order valence-corrected chi connectivity index (χ3v) is 8.14. The van der Waals surface area contributed by atoms with Gasteiger partial charge in [-0.1, -0.05) is 159 Å². The molecule has 43 heavy (non-hydrogen) atoms. The van der Waals surface area contributed by atoms with Crippen LogP contribution in [0, 0.1) is 16.7 Å². The van der Waals surface area contributed by atoms with E-state index in [0.717, 1.165) is 28.7 Å². The maximum Gasteiger partial charge on any atom is 0.311 e. The molecule has 2 aliphatic carbocycles. The van der Waals surface area contributed by atoms with E-state index in [1.165, 1.54) is 22.3 Å². The third-order valence-electron chi connectivity index (χ3n) is 8.14. The molecule has 0 spiro atoms. The average Bonchev–Trinajstić information content (AvgIpc) is 2.89. The zero-order valence-corrected chi connectivity index (χ0v) is 28.0. The van der Waals surface area contributed by atoms with E-state index in [2.05, 4.69) is 140 Å². The molecule has 0 fully saturated rings. The molecule has 0 heterocycles. The van der Waals surface area contributed by atoms with Crippen LogP contribution in [0.4, 0.5) is 0 Å². The van der Waals surface area contributed by atoms with Gasteiger partial charge in [-0.15, -0.1) is 0 Å². The largest absolute Gasteiger partial charge is 0.481 e. The van der Waals surface area contributed by atoms with E-state index in [0.29, 0.717) is 0 Å². The number of hydrogen-bond donors (Lipinski definition) is 1. The molecular formula is C41H52O2. The molecule has 0 bridgehead atoms. The van der Waals surface area contributed by atoms with Gasteiger partial charge in [0.2, 0.25) is 0 Å². The molecule has 228 valence electrons. The molecule has 0 aromatic heterocycles. The Morgan fingerprint density at radius 2 is 1.14 bits per heavy atom. The molecule has 0 aromatic rings. The molecule has 0 radical (unpaired) electrons. The van der Waals surface area contributed by atoms with E-state index < -0.39 is 17.3 Å². The van der Waals surface area contributed by atoms with Crippen LogP contribution in [0.25, 0.3) is 0 Å². The Labute approximate surface area is 261 Å². The van der Waals surface area contributed by atoms with Crippen molar-refractivity contribution in [3.8, 4) is 0 Å². The van der Waals surface area contributed by atoms with Crippen molar-refractivity contribution in [2.45, 2.75) is 75.7 Å². The first-order valence-corrected chi connectivity index (χ1v) is 15.2. The topological polar surface area (TPSA) is 37.3 Å². The summed E-state index contributed by atoms with van der Waals surface area (Å²) in [7, 11) is 0. The van der Waals surface area contributed by atoms with Gasteiger partial charge in [-0.25, -0.2) is 0 Å². The summed E-state index contributed by atoms with van der Waals surface area (Å²) in [4.78, 5) is 11.7. The van der Waals surface area contributed by atoms with Crippen LogP contribution in [0.2, 0.25) is 0 Å². The fourth-order valence-electron chi connectivity index (χ4n) is 5.37. The molecule has 0 aromatic carbocycles. The molecule has 2 heteroatoms. The first-order valence-electron chi connectivity index (χ1n) is 15.2. The van der Waals surface area contributed by atoms with Crippen molar-refractivity contribution in [3.63, 3.8) is 0 Å². The molecule has 2 nitrogen and oxygen atoms in total. The summed E-state index contributed by atoms with van der Waals surface area (Å²) in [5.41, 5.74) is 9.32. The van der Waals surface area contributed by atoms with Crippen molar-refractivity contribution < 1.29 is 9.90 Å². The first kappa shape index (κ1) is 35.3. The molecule has 0 saturated carbocycles. The summed E-state index contributed by atoms with van der Waals surface area (Å²) in [5, 5.41) is 9.61. The Morgan fingerprint density at radius 3 is 1.63 bits per heavy atom. The number of allylic oxidation sites excluding steroid dienone is 25. The van der Waals surface area contributed by atoms with Crippen molar-refractivity contribution in [1.82, 2.24) is 0 Å². The van der Waals surface area contributed by atoms with Crippen LogP contribution in [-0.2, 0) is 4.79 Å². The summed E-state index contributed by atoms with van der Waals surface area (Å²) in [5.74, 6) is -1.31. The lowest BCUT2D eigenvalue weighted by molar-refractivity contribution is -0.142. The van der Waals surface area contributed by atoms with Crippen LogP contribution < -0.4 is 0 Å². The molecule has 0 aliphatic heterocycles. The van der Waals surface area contributed by atoms with Gasteiger partial charge in [0.25, 0.3) is 0 Å². The predicted octanol–water partition coefficient (Wildman–Crippen LogP) is 11.5. The number of carboxylic acids is 1. The van der Waals surface area contributed by atoms with Crippen LogP contribution in [0.15, 0.2) is 154 Å². The second-order valence-electron chi connectivity index (χ2n) is 13.0. The minimum absolute atomic E-state index is 0.185. The minimum Gasteiger partial charge on any atom is -0.481 e. The van der Waals surface area contributed by atoms with Crippen LogP contribution in [0.1, 0.15) is 75.7 Å². The zero-order valence-electron chi connectivity index (χ0n) is 28.0. The van der Waals surface area contributed by atoms with Crippen molar-refractivity contribution in [3.05, 3.63) is 154 Å². The monoisotopic (exact) mass is 576 g/mol. The molecule has 1 atom stereocenters. The molecular weight excluding hydrogens is 524 g/mol. The van der Waals surface area contributed by atoms with Gasteiger partial charge >= 0.3 is 5.97 Å². The maximum absolute atomic E-state index is 11.7. The van der Waals surface area contributed by atoms with Crippen LogP contribution in [-0.4, -0.2) is 11.1 Å². The predicted molar refractivity (Wildman–Crippen MR) is 188 cm³/mol. The van der Waals surface area contributed by atoms with Crippen molar-refractivity contribution in [1.29, 1.82) is 0 Å². The second-order valence-corrected chi connectivity index (χ2v) is 13.0. The lowest BCUT2D eigenvalue weighted by Crippen LogP contribution is -2.33. The first-order chi connectivity index (χ1) is 20.1. The van der Waals surface area contributed by atoms with Crippen molar-refractivity contribution in [2.75, 3.05) is 0 Å². The summed E-state index contributed by atoms with van der Waals surface area (Å²) < 4.78 is 0. The Kier molecular flexibility index (Phi) is 13.2. The lowest BCUT2D eigenvalue weighted by Gasteiger charge is -2.35. The fourth-order valence-corrected chi connectivity index (χ4v) is 5.37. The normalized spacial score (nSPS) is 22.1. The van der Waals surface area contributed by atoms with E-state index in [-0.39, 0.29) is 5.41 Å². The van der Waals surface area contributed by atoms with Crippen LogP contribution >= 0.6 is 0 Å². The fraction of sp³-hybridized carbons (Fsp3) is 0.341. The Bertz CT molecular complexity index is 1440. The van der Waals surface area contributed by atoms with Gasteiger partial charge in [-0.3, -0.25) is 4.79 Å². The zero-order chi connectivity index (χ0) is 32.2. The summed E-state index contributed by atoms with van der Waals surface area (Å²) >= 11 is 0. The standard InChI is InChI=1S/C41H52O2/c1-30(18-13-20-32(3)23-26-36-34(5)22-15-29-40(36,7)8)16-11-12-17-31(2)19-14-21-33(4)24-27-37-35(6)25-28-38(39(42)43)41(37,9)10/h11-28,38H,29H2,1-10H3,(H,42,43)/b12-11+,18-13+,19-14+,26-23+,27-24+,30-16+,31-17+,32-20+,33-21+. The number of carbonyl (C=O) groups is 1. The third kappa shape index (κ3) is 11.0. The Balaban J connectivity index is 1.93. The van der Waals surface area contributed by atoms with Gasteiger partial charge in [0.05, 0.1) is 5.92 Å². The van der Waals surface area contributed by atoms with Crippen LogP contribution in [0.5, 0.6) is 0 Å². The van der Waals surface area contributed by atoms with Gasteiger partial charge < -0.3 is 5.11 Å². The highest BCUT2D eigenvalue weighted by atomic mass is 16.4. The maximum atomic E-state index is 11.7. The smallest absolute Gasteiger partial charge is 0.311 e. The molecule has 2 aliphatic rings. The molecule has 0 saturated heterocycles. The molecule has 0 amide bonds. The van der Waals surface area contributed by atoms with E-state index in [4.69, 9.17) is 0 Å². The van der Waals surface area contributed by atoms with Gasteiger partial charge in [0.15, 0.2) is 0 Å². The number of rotatable bonds is 11. The summed E-state index contributed by atoms with van der Waals surface area (Å²) in [6.45, 7) is 21.2. The lowest BCUT2D eigenvalue weighted by atomic mass is 9.68. The highest BCUT2D eigenvalue weighted by Gasteiger charge is 2.38. The molecule has 1 N–H and O–H groups in total. The quantitative estimate of drug-likeness (QED) is 0.248. The highest BCUT2D eigenvalue weighted by molar-refractivity contribution is 5.75. The van der Waals surface area contributed by atoms with Gasteiger partial charge in [-0.05, 0) is 75.7 Å². The highest BCUT2D eigenvalue weighted by Crippen LogP contribution is 2.42. The van der Waals surface area contributed by atoms with Crippen molar-refractivity contribution >= 4 is 5.97 Å². The number of hydrogen-bond acceptors (Lipinski definition) is 1. The van der Waals surface area contributed by atoms with E-state index in [1.807, 2.05) is 32.9 Å². The minimum atomic E-state index is -0.788. The van der Waals surface area contributed by atoms with E-state index >= 15 is 0 Å². The van der Waals surface area contributed by atoms with Crippen LogP contribution in [0.3, 0.4) is 0 Å². The molecule has 1 unspecified atom stereocenters. The van der Waals surface area contributed by atoms with Crippen molar-refractivity contribution in [2.24, 2.45) is 16.7 Å². The Morgan fingerprint density at radius 1 is 0.698 bits per heavy atom. The molecule has 2 rings (SSSR count). The van der Waals surface area contributed by atoms with E-state index in [1.54, 1.807) is 6.08 Å². The number of carboxylic acid groups (broad SMARTS) is 1. The Hall–Kier alpha value is -3.91. The summed E-state index contributed by atoms with van der Waals surface area (Å²) in [6, 6.07) is 0. The second kappa shape index (κ2) is 16.1. The van der Waals surface area contributed by atoms with E-state index in [9.17, 15) is 9.90 Å². The SMILES string of the molecule is CC1=C(/C=C/C(C)=C/C=C/C(C)=C/C=C/C=C(C)/C=C/C=C(C)/C=C/C2=C(C)C=CC(C(=O)O)C2(C)C)C(C)(C)CC=C1. The van der Waals surface area contributed by atoms with Gasteiger partial charge in [0, 0.05) is 5.41 Å². The number of aliphatic carboxylic acids is 1. The van der Waals surface area contributed by atoms with Gasteiger partial charge in [0.1, 0.15) is 0 Å². The summed E-state index contributed by atoms with van der Waals surface area (Å²) in [6.07, 6.45) is 38.8.